The molecular weight excluding hydrogens is 385 g/mol. The van der Waals surface area contributed by atoms with Gasteiger partial charge >= 0.3 is 6.18 Å². The maximum Gasteiger partial charge on any atom is 0.421 e. The Hall–Kier alpha value is -2.52. The van der Waals surface area contributed by atoms with Crippen molar-refractivity contribution in [2.45, 2.75) is 70.1 Å². The van der Waals surface area contributed by atoms with E-state index >= 15 is 0 Å². The molecule has 29 heavy (non-hydrogen) atoms. The Morgan fingerprint density at radius 1 is 1.14 bits per heavy atom. The number of methoxy groups -OCH3 is 1. The van der Waals surface area contributed by atoms with E-state index in [0.29, 0.717) is 17.3 Å². The van der Waals surface area contributed by atoms with Crippen LogP contribution in [0.1, 0.15) is 62.2 Å². The van der Waals surface area contributed by atoms with Crippen LogP contribution in [0.25, 0.3) is 0 Å². The van der Waals surface area contributed by atoms with Crippen LogP contribution in [-0.4, -0.2) is 32.9 Å². The molecule has 4 rings (SSSR count). The van der Waals surface area contributed by atoms with Crippen LogP contribution in [0.5, 0.6) is 5.75 Å². The second kappa shape index (κ2) is 7.72. The lowest BCUT2D eigenvalue weighted by Crippen LogP contribution is -2.22. The van der Waals surface area contributed by atoms with E-state index in [9.17, 15) is 13.2 Å². The summed E-state index contributed by atoms with van der Waals surface area (Å²) in [6, 6.07) is 0.238. The minimum atomic E-state index is -4.53. The number of aryl methyl sites for hydroxylation is 1. The lowest BCUT2D eigenvalue weighted by atomic mass is 9.93. The number of nitrogens with one attached hydrogen (secondary N) is 2. The van der Waals surface area contributed by atoms with E-state index in [1.54, 1.807) is 7.11 Å². The maximum atomic E-state index is 13.5. The molecule has 2 aromatic heterocycles. The van der Waals surface area contributed by atoms with E-state index in [1.165, 1.54) is 0 Å². The molecule has 0 spiro atoms. The van der Waals surface area contributed by atoms with E-state index in [-0.39, 0.29) is 23.8 Å². The van der Waals surface area contributed by atoms with Crippen molar-refractivity contribution in [3.05, 3.63) is 17.5 Å². The van der Waals surface area contributed by atoms with Gasteiger partial charge in [-0.3, -0.25) is 0 Å². The van der Waals surface area contributed by atoms with E-state index in [1.807, 2.05) is 11.6 Å². The van der Waals surface area contributed by atoms with Gasteiger partial charge in [0.1, 0.15) is 17.1 Å². The van der Waals surface area contributed by atoms with E-state index in [4.69, 9.17) is 4.74 Å². The summed E-state index contributed by atoms with van der Waals surface area (Å²) in [5, 5.41) is 10.6. The number of halogens is 3. The highest BCUT2D eigenvalue weighted by Gasteiger charge is 2.36. The standard InChI is InChI=1S/C19H25F3N6O/c1-11-15(29-2)17(28(27-11)13-8-5-9-13)26-18-23-10-14(19(20,21)22)16(25-18)24-12-6-3-4-7-12/h10,12-13H,3-9H2,1-2H3,(H2,23,24,25,26). The number of aromatic nitrogens is 4. The Kier molecular flexibility index (Phi) is 5.26. The number of alkyl halides is 3. The first kappa shape index (κ1) is 19.8. The number of rotatable bonds is 6. The van der Waals surface area contributed by atoms with Gasteiger partial charge in [0.2, 0.25) is 5.95 Å². The average Bonchev–Trinajstić information content (AvgIpc) is 3.21. The zero-order valence-electron chi connectivity index (χ0n) is 16.5. The molecular formula is C19H25F3N6O. The van der Waals surface area contributed by atoms with Crippen LogP contribution in [0, 0.1) is 6.92 Å². The highest BCUT2D eigenvalue weighted by molar-refractivity contribution is 5.62. The molecule has 2 aromatic rings. The topological polar surface area (TPSA) is 76.9 Å². The average molecular weight is 410 g/mol. The van der Waals surface area contributed by atoms with Crippen molar-refractivity contribution < 1.29 is 17.9 Å². The fourth-order valence-electron chi connectivity index (χ4n) is 3.92. The molecule has 2 heterocycles. The molecule has 0 unspecified atom stereocenters. The van der Waals surface area contributed by atoms with E-state index < -0.39 is 11.7 Å². The summed E-state index contributed by atoms with van der Waals surface area (Å²) >= 11 is 0. The molecule has 0 bridgehead atoms. The van der Waals surface area contributed by atoms with Crippen molar-refractivity contribution >= 4 is 17.6 Å². The van der Waals surface area contributed by atoms with Crippen LogP contribution < -0.4 is 15.4 Å². The molecule has 2 fully saturated rings. The SMILES string of the molecule is COc1c(C)nn(C2CCC2)c1Nc1ncc(C(F)(F)F)c(NC2CCCC2)n1. The highest BCUT2D eigenvalue weighted by Crippen LogP contribution is 2.40. The lowest BCUT2D eigenvalue weighted by Gasteiger charge is -2.27. The number of hydrogen-bond acceptors (Lipinski definition) is 6. The molecule has 2 saturated carbocycles. The summed E-state index contributed by atoms with van der Waals surface area (Å²) in [5.41, 5.74) is -0.149. The van der Waals surface area contributed by atoms with Gasteiger partial charge in [0.25, 0.3) is 0 Å². The molecule has 2 N–H and O–H groups in total. The fourth-order valence-corrected chi connectivity index (χ4v) is 3.92. The Labute approximate surface area is 167 Å². The lowest BCUT2D eigenvalue weighted by molar-refractivity contribution is -0.137. The fraction of sp³-hybridized carbons (Fsp3) is 0.632. The minimum absolute atomic E-state index is 0.00358. The third kappa shape index (κ3) is 3.97. The molecule has 0 aromatic carbocycles. The van der Waals surface area contributed by atoms with Gasteiger partial charge < -0.3 is 15.4 Å². The second-order valence-electron chi connectivity index (χ2n) is 7.70. The first-order chi connectivity index (χ1) is 13.9. The second-order valence-corrected chi connectivity index (χ2v) is 7.70. The van der Waals surface area contributed by atoms with Gasteiger partial charge in [0, 0.05) is 12.2 Å². The number of anilines is 3. The Balaban J connectivity index is 1.67. The van der Waals surface area contributed by atoms with Gasteiger partial charge in [-0.05, 0) is 39.0 Å². The van der Waals surface area contributed by atoms with Crippen molar-refractivity contribution in [3.8, 4) is 5.75 Å². The summed E-state index contributed by atoms with van der Waals surface area (Å²) < 4.78 is 47.7. The smallest absolute Gasteiger partial charge is 0.421 e. The first-order valence-electron chi connectivity index (χ1n) is 9.97. The van der Waals surface area contributed by atoms with Crippen LogP contribution in [0.15, 0.2) is 6.20 Å². The van der Waals surface area contributed by atoms with Gasteiger partial charge in [-0.25, -0.2) is 9.67 Å². The van der Waals surface area contributed by atoms with Crippen molar-refractivity contribution in [1.82, 2.24) is 19.7 Å². The molecule has 10 heteroatoms. The van der Waals surface area contributed by atoms with Crippen LogP contribution >= 0.6 is 0 Å². The quantitative estimate of drug-likeness (QED) is 0.710. The Bertz CT molecular complexity index is 872. The summed E-state index contributed by atoms with van der Waals surface area (Å²) in [6.45, 7) is 1.83. The van der Waals surface area contributed by atoms with Gasteiger partial charge in [0.05, 0.1) is 13.2 Å². The van der Waals surface area contributed by atoms with Crippen LogP contribution in [0.2, 0.25) is 0 Å². The summed E-state index contributed by atoms with van der Waals surface area (Å²) in [7, 11) is 1.54. The van der Waals surface area contributed by atoms with Gasteiger partial charge in [-0.1, -0.05) is 12.8 Å². The highest BCUT2D eigenvalue weighted by atomic mass is 19.4. The number of nitrogens with zero attached hydrogens (tertiary/aromatic N) is 4. The largest absolute Gasteiger partial charge is 0.491 e. The summed E-state index contributed by atoms with van der Waals surface area (Å²) in [6.07, 6.45) is 3.12. The Morgan fingerprint density at radius 2 is 1.86 bits per heavy atom. The predicted molar refractivity (Wildman–Crippen MR) is 103 cm³/mol. The van der Waals surface area contributed by atoms with E-state index in [2.05, 4.69) is 25.7 Å². The van der Waals surface area contributed by atoms with Crippen LogP contribution in [0.3, 0.4) is 0 Å². The van der Waals surface area contributed by atoms with Crippen molar-refractivity contribution in [1.29, 1.82) is 0 Å². The molecule has 7 nitrogen and oxygen atoms in total. The van der Waals surface area contributed by atoms with E-state index in [0.717, 1.165) is 51.1 Å². The molecule has 158 valence electrons. The predicted octanol–water partition coefficient (Wildman–Crippen LogP) is 4.83. The van der Waals surface area contributed by atoms with Crippen LogP contribution in [0.4, 0.5) is 30.8 Å². The normalized spacial score (nSPS) is 18.0. The minimum Gasteiger partial charge on any atom is -0.491 e. The van der Waals surface area contributed by atoms with Crippen molar-refractivity contribution in [3.63, 3.8) is 0 Å². The molecule has 0 radical (unpaired) electrons. The zero-order valence-corrected chi connectivity index (χ0v) is 16.5. The van der Waals surface area contributed by atoms with Gasteiger partial charge in [-0.15, -0.1) is 0 Å². The van der Waals surface area contributed by atoms with Crippen LogP contribution in [-0.2, 0) is 6.18 Å². The van der Waals surface area contributed by atoms with Gasteiger partial charge in [0.15, 0.2) is 11.6 Å². The summed E-state index contributed by atoms with van der Waals surface area (Å²) in [5.74, 6) is 1.01. The number of ether oxygens (including phenoxy) is 1. The van der Waals surface area contributed by atoms with Crippen molar-refractivity contribution in [2.75, 3.05) is 17.7 Å². The third-order valence-corrected chi connectivity index (χ3v) is 5.68. The monoisotopic (exact) mass is 410 g/mol. The number of hydrogen-bond donors (Lipinski definition) is 2. The first-order valence-corrected chi connectivity index (χ1v) is 9.97. The maximum absolute atomic E-state index is 13.5. The molecule has 2 aliphatic carbocycles. The summed E-state index contributed by atoms with van der Waals surface area (Å²) in [4.78, 5) is 8.10. The van der Waals surface area contributed by atoms with Crippen molar-refractivity contribution in [2.24, 2.45) is 0 Å². The zero-order chi connectivity index (χ0) is 20.6. The molecule has 2 aliphatic rings. The molecule has 0 amide bonds. The third-order valence-electron chi connectivity index (χ3n) is 5.68. The van der Waals surface area contributed by atoms with Gasteiger partial charge in [-0.2, -0.15) is 23.3 Å². The molecule has 0 saturated heterocycles. The Morgan fingerprint density at radius 3 is 2.45 bits per heavy atom. The molecule has 0 aliphatic heterocycles. The molecule has 0 atom stereocenters.